The third kappa shape index (κ3) is 34.3. The van der Waals surface area contributed by atoms with Crippen molar-refractivity contribution in [2.45, 2.75) is 206 Å². The van der Waals surface area contributed by atoms with Crippen molar-refractivity contribution in [2.24, 2.45) is 0 Å². The van der Waals surface area contributed by atoms with Gasteiger partial charge in [-0.05, 0) is 116 Å². The Bertz CT molecular complexity index is 805. The predicted molar refractivity (Wildman–Crippen MR) is 225 cm³/mol. The maximum Gasteiger partial charge on any atom is 0.0830 e. The van der Waals surface area contributed by atoms with Crippen molar-refractivity contribution in [1.82, 2.24) is 4.90 Å². The number of unbranched alkanes of at least 4 members (excludes halogenated alkanes) is 18. The monoisotopic (exact) mass is 714 g/mol. The van der Waals surface area contributed by atoms with Crippen molar-refractivity contribution in [2.75, 3.05) is 46.6 Å². The molecule has 2 atom stereocenters. The van der Waals surface area contributed by atoms with Gasteiger partial charge in [0.1, 0.15) is 0 Å². The zero-order chi connectivity index (χ0) is 36.6. The molecule has 1 heterocycles. The fourth-order valence-corrected chi connectivity index (χ4v) is 6.84. The summed E-state index contributed by atoms with van der Waals surface area (Å²) in [6.07, 6.45) is 54.3. The highest BCUT2D eigenvalue weighted by Crippen LogP contribution is 2.18. The second kappa shape index (κ2) is 40.0. The molecule has 298 valence electrons. The lowest BCUT2D eigenvalue weighted by Gasteiger charge is -2.20. The molecule has 0 saturated carbocycles. The Kier molecular flexibility index (Phi) is 37.5. The van der Waals surface area contributed by atoms with E-state index in [4.69, 9.17) is 14.2 Å². The number of hydrogen-bond acceptors (Lipinski definition) is 4. The maximum atomic E-state index is 6.35. The van der Waals surface area contributed by atoms with Crippen LogP contribution >= 0.6 is 0 Å². The SMILES string of the molecule is CCCCC/C=C\C/C=C\CCCCCCCCOCC(CCOCCC1CCCN1C)OCCCCCCCC/C=C\C/C=C\CCCCC. The largest absolute Gasteiger partial charge is 0.381 e. The minimum atomic E-state index is 0.154. The van der Waals surface area contributed by atoms with E-state index in [0.717, 1.165) is 65.0 Å². The van der Waals surface area contributed by atoms with Crippen LogP contribution in [0.3, 0.4) is 0 Å². The molecule has 51 heavy (non-hydrogen) atoms. The van der Waals surface area contributed by atoms with Crippen LogP contribution in [0.15, 0.2) is 48.6 Å². The van der Waals surface area contributed by atoms with Gasteiger partial charge in [0.2, 0.25) is 0 Å². The second-order valence-electron chi connectivity index (χ2n) is 15.2. The molecule has 1 fully saturated rings. The number of nitrogens with zero attached hydrogens (tertiary/aromatic N) is 1. The smallest absolute Gasteiger partial charge is 0.0830 e. The maximum absolute atomic E-state index is 6.35. The van der Waals surface area contributed by atoms with Crippen LogP contribution in [-0.4, -0.2) is 63.7 Å². The van der Waals surface area contributed by atoms with Crippen molar-refractivity contribution in [1.29, 1.82) is 0 Å². The van der Waals surface area contributed by atoms with Crippen molar-refractivity contribution in [3.63, 3.8) is 0 Å². The average Bonchev–Trinajstić information content (AvgIpc) is 3.55. The Morgan fingerprint density at radius 3 is 1.53 bits per heavy atom. The zero-order valence-corrected chi connectivity index (χ0v) is 34.5. The molecule has 0 spiro atoms. The van der Waals surface area contributed by atoms with Crippen molar-refractivity contribution in [3.05, 3.63) is 48.6 Å². The molecule has 0 aromatic heterocycles. The lowest BCUT2D eigenvalue weighted by Crippen LogP contribution is -2.26. The van der Waals surface area contributed by atoms with Gasteiger partial charge in [-0.3, -0.25) is 0 Å². The molecule has 0 N–H and O–H groups in total. The van der Waals surface area contributed by atoms with Crippen LogP contribution in [-0.2, 0) is 14.2 Å². The van der Waals surface area contributed by atoms with Crippen LogP contribution in [0.2, 0.25) is 0 Å². The normalized spacial score (nSPS) is 16.3. The quantitative estimate of drug-likeness (QED) is 0.0469. The average molecular weight is 714 g/mol. The van der Waals surface area contributed by atoms with Gasteiger partial charge >= 0.3 is 0 Å². The third-order valence-electron chi connectivity index (χ3n) is 10.3. The Morgan fingerprint density at radius 2 is 1.02 bits per heavy atom. The molecule has 0 amide bonds. The summed E-state index contributed by atoms with van der Waals surface area (Å²) in [5.41, 5.74) is 0. The molecular formula is C47H87NO3. The van der Waals surface area contributed by atoms with E-state index in [2.05, 4.69) is 74.4 Å². The lowest BCUT2D eigenvalue weighted by atomic mass is 10.1. The van der Waals surface area contributed by atoms with E-state index in [9.17, 15) is 0 Å². The van der Waals surface area contributed by atoms with Gasteiger partial charge in [0.05, 0.1) is 12.7 Å². The molecule has 4 nitrogen and oxygen atoms in total. The minimum Gasteiger partial charge on any atom is -0.381 e. The first kappa shape index (κ1) is 47.8. The molecule has 1 aliphatic rings. The first-order valence-corrected chi connectivity index (χ1v) is 22.3. The Morgan fingerprint density at radius 1 is 0.529 bits per heavy atom. The first-order chi connectivity index (χ1) is 25.3. The van der Waals surface area contributed by atoms with Crippen LogP contribution in [0.1, 0.15) is 194 Å². The van der Waals surface area contributed by atoms with Crippen molar-refractivity contribution < 1.29 is 14.2 Å². The van der Waals surface area contributed by atoms with Gasteiger partial charge < -0.3 is 19.1 Å². The fraction of sp³-hybridized carbons (Fsp3) is 0.830. The van der Waals surface area contributed by atoms with E-state index in [1.807, 2.05) is 0 Å². The zero-order valence-electron chi connectivity index (χ0n) is 34.5. The van der Waals surface area contributed by atoms with Crippen LogP contribution < -0.4 is 0 Å². The fourth-order valence-electron chi connectivity index (χ4n) is 6.84. The van der Waals surface area contributed by atoms with Gasteiger partial charge in [0, 0.05) is 32.5 Å². The Balaban J connectivity index is 2.09. The molecule has 1 saturated heterocycles. The topological polar surface area (TPSA) is 30.9 Å². The van der Waals surface area contributed by atoms with Gasteiger partial charge in [0.25, 0.3) is 0 Å². The highest BCUT2D eigenvalue weighted by Gasteiger charge is 2.20. The van der Waals surface area contributed by atoms with E-state index in [0.29, 0.717) is 12.6 Å². The van der Waals surface area contributed by atoms with E-state index in [1.54, 1.807) is 0 Å². The minimum absolute atomic E-state index is 0.154. The molecule has 2 unspecified atom stereocenters. The molecule has 1 aliphatic heterocycles. The standard InChI is InChI=1S/C47H87NO3/c1-4-6-8-10-12-14-16-18-20-22-24-26-28-30-32-34-41-50-45-47(39-44-49-43-38-46-37-36-40-48(46)3)51-42-35-33-31-29-27-25-23-21-19-17-15-13-11-9-7-5-2/h12-15,18-21,46-47H,4-11,16-17,22-45H2,1-3H3/b14-12-,15-13-,20-18-,21-19-. The Hall–Kier alpha value is -1.20. The van der Waals surface area contributed by atoms with Crippen LogP contribution in [0.4, 0.5) is 0 Å². The first-order valence-electron chi connectivity index (χ1n) is 22.3. The molecule has 0 aromatic rings. The molecule has 0 aromatic carbocycles. The van der Waals surface area contributed by atoms with Crippen molar-refractivity contribution in [3.8, 4) is 0 Å². The lowest BCUT2D eigenvalue weighted by molar-refractivity contribution is -0.0355. The highest BCUT2D eigenvalue weighted by molar-refractivity contribution is 4.93. The van der Waals surface area contributed by atoms with Crippen LogP contribution in [0, 0.1) is 0 Å². The van der Waals surface area contributed by atoms with Gasteiger partial charge in [-0.2, -0.15) is 0 Å². The summed E-state index contributed by atoms with van der Waals surface area (Å²) in [6.45, 7) is 9.82. The molecular weight excluding hydrogens is 627 g/mol. The third-order valence-corrected chi connectivity index (χ3v) is 10.3. The number of rotatable bonds is 39. The molecule has 4 heteroatoms. The summed E-state index contributed by atoms with van der Waals surface area (Å²) in [6, 6.07) is 0.707. The van der Waals surface area contributed by atoms with Crippen molar-refractivity contribution >= 4 is 0 Å². The number of likely N-dealkylation sites (tertiary alicyclic amines) is 1. The summed E-state index contributed by atoms with van der Waals surface area (Å²) in [5, 5.41) is 0. The Labute approximate surface area is 319 Å². The molecule has 0 bridgehead atoms. The van der Waals surface area contributed by atoms with E-state index >= 15 is 0 Å². The van der Waals surface area contributed by atoms with E-state index in [1.165, 1.54) is 148 Å². The number of ether oxygens (including phenoxy) is 3. The summed E-state index contributed by atoms with van der Waals surface area (Å²) in [5.74, 6) is 0. The summed E-state index contributed by atoms with van der Waals surface area (Å²) < 4.78 is 18.6. The number of hydrogen-bond donors (Lipinski definition) is 0. The van der Waals surface area contributed by atoms with Gasteiger partial charge in [-0.1, -0.05) is 140 Å². The second-order valence-corrected chi connectivity index (χ2v) is 15.2. The van der Waals surface area contributed by atoms with Gasteiger partial charge in [0.15, 0.2) is 0 Å². The van der Waals surface area contributed by atoms with Gasteiger partial charge in [-0.25, -0.2) is 0 Å². The molecule has 1 rings (SSSR count). The highest BCUT2D eigenvalue weighted by atomic mass is 16.5. The van der Waals surface area contributed by atoms with E-state index < -0.39 is 0 Å². The van der Waals surface area contributed by atoms with Gasteiger partial charge in [-0.15, -0.1) is 0 Å². The van der Waals surface area contributed by atoms with E-state index in [-0.39, 0.29) is 6.10 Å². The summed E-state index contributed by atoms with van der Waals surface area (Å²) in [7, 11) is 2.25. The molecule has 0 radical (unpaired) electrons. The summed E-state index contributed by atoms with van der Waals surface area (Å²) >= 11 is 0. The van der Waals surface area contributed by atoms with Crippen LogP contribution in [0.5, 0.6) is 0 Å². The molecule has 0 aliphatic carbocycles. The van der Waals surface area contributed by atoms with Crippen LogP contribution in [0.25, 0.3) is 0 Å². The number of allylic oxidation sites excluding steroid dienone is 8. The predicted octanol–water partition coefficient (Wildman–Crippen LogP) is 13.9. The summed E-state index contributed by atoms with van der Waals surface area (Å²) in [4.78, 5) is 2.49.